The zero-order chi connectivity index (χ0) is 13.0. The van der Waals surface area contributed by atoms with Gasteiger partial charge in [-0.15, -0.1) is 0 Å². The Labute approximate surface area is 111 Å². The van der Waals surface area contributed by atoms with E-state index >= 15 is 0 Å². The first kappa shape index (κ1) is 13.4. The second-order valence-corrected chi connectivity index (χ2v) is 5.40. The number of rotatable bonds is 3. The molecule has 0 radical (unpaired) electrons. The van der Waals surface area contributed by atoms with Gasteiger partial charge in [0.05, 0.1) is 12.1 Å². The molecule has 0 amide bonds. The highest BCUT2D eigenvalue weighted by Gasteiger charge is 2.26. The summed E-state index contributed by atoms with van der Waals surface area (Å²) in [7, 11) is 0. The lowest BCUT2D eigenvalue weighted by Crippen LogP contribution is -2.43. The Morgan fingerprint density at radius 2 is 2.00 bits per heavy atom. The summed E-state index contributed by atoms with van der Waals surface area (Å²) < 4.78 is 0. The third kappa shape index (κ3) is 3.05. The molecule has 1 aliphatic rings. The van der Waals surface area contributed by atoms with Gasteiger partial charge in [0.1, 0.15) is 0 Å². The summed E-state index contributed by atoms with van der Waals surface area (Å²) in [5, 5.41) is 10.3. The van der Waals surface area contributed by atoms with E-state index in [1.54, 1.807) is 0 Å². The number of anilines is 1. The van der Waals surface area contributed by atoms with Crippen LogP contribution in [0.15, 0.2) is 24.3 Å². The first-order chi connectivity index (χ1) is 8.72. The predicted octanol–water partition coefficient (Wildman–Crippen LogP) is 3.51. The average molecular weight is 247 g/mol. The third-order valence-electron chi connectivity index (χ3n) is 4.02. The second kappa shape index (κ2) is 6.24. The van der Waals surface area contributed by atoms with E-state index in [1.165, 1.54) is 30.5 Å². The van der Waals surface area contributed by atoms with Crippen molar-refractivity contribution in [3.05, 3.63) is 29.8 Å². The lowest BCUT2D eigenvalue weighted by Gasteiger charge is -2.35. The molecule has 100 valence electrons. The molecule has 0 bridgehead atoms. The van der Waals surface area contributed by atoms with Gasteiger partial charge in [0.2, 0.25) is 0 Å². The number of hydrogen-bond acceptors (Lipinski definition) is 2. The molecule has 1 N–H and O–H groups in total. The molecule has 1 fully saturated rings. The maximum absolute atomic E-state index is 10.3. The van der Waals surface area contributed by atoms with Gasteiger partial charge in [0.15, 0.2) is 0 Å². The standard InChI is InChI=1S/C16H25NO/c1-3-17(14-9-7-8-13(2)12-14)15-10-5-4-6-11-16(15)18/h7-9,12,15-16,18H,3-6,10-11H2,1-2H3. The average Bonchev–Trinajstić information content (AvgIpc) is 2.56. The van der Waals surface area contributed by atoms with E-state index in [2.05, 4.69) is 43.0 Å². The van der Waals surface area contributed by atoms with E-state index in [9.17, 15) is 5.11 Å². The summed E-state index contributed by atoms with van der Waals surface area (Å²) >= 11 is 0. The lowest BCUT2D eigenvalue weighted by atomic mass is 10.0. The Hall–Kier alpha value is -1.02. The van der Waals surface area contributed by atoms with Crippen LogP contribution in [-0.4, -0.2) is 23.8 Å². The van der Waals surface area contributed by atoms with Gasteiger partial charge in [0, 0.05) is 12.2 Å². The van der Waals surface area contributed by atoms with Crippen molar-refractivity contribution in [1.29, 1.82) is 0 Å². The van der Waals surface area contributed by atoms with E-state index in [0.717, 1.165) is 19.4 Å². The van der Waals surface area contributed by atoms with E-state index < -0.39 is 0 Å². The Bertz CT molecular complexity index is 377. The lowest BCUT2D eigenvalue weighted by molar-refractivity contribution is 0.133. The van der Waals surface area contributed by atoms with E-state index in [4.69, 9.17) is 0 Å². The zero-order valence-corrected chi connectivity index (χ0v) is 11.6. The minimum absolute atomic E-state index is 0.173. The molecule has 2 nitrogen and oxygen atoms in total. The minimum Gasteiger partial charge on any atom is -0.391 e. The van der Waals surface area contributed by atoms with E-state index in [-0.39, 0.29) is 6.10 Å². The smallest absolute Gasteiger partial charge is 0.0743 e. The number of nitrogens with zero attached hydrogens (tertiary/aromatic N) is 1. The monoisotopic (exact) mass is 247 g/mol. The summed E-state index contributed by atoms with van der Waals surface area (Å²) in [6.07, 6.45) is 5.56. The van der Waals surface area contributed by atoms with Gasteiger partial charge in [-0.1, -0.05) is 31.4 Å². The highest BCUT2D eigenvalue weighted by molar-refractivity contribution is 5.49. The number of aliphatic hydroxyl groups excluding tert-OH is 1. The molecular weight excluding hydrogens is 222 g/mol. The van der Waals surface area contributed by atoms with Crippen LogP contribution in [0.5, 0.6) is 0 Å². The third-order valence-corrected chi connectivity index (χ3v) is 4.02. The van der Waals surface area contributed by atoms with Crippen LogP contribution in [0.4, 0.5) is 5.69 Å². The quantitative estimate of drug-likeness (QED) is 0.826. The van der Waals surface area contributed by atoms with Crippen molar-refractivity contribution in [2.75, 3.05) is 11.4 Å². The van der Waals surface area contributed by atoms with Gasteiger partial charge in [-0.2, -0.15) is 0 Å². The van der Waals surface area contributed by atoms with Gasteiger partial charge in [-0.25, -0.2) is 0 Å². The molecule has 1 aromatic carbocycles. The summed E-state index contributed by atoms with van der Waals surface area (Å²) in [5.74, 6) is 0. The SMILES string of the molecule is CCN(c1cccc(C)c1)C1CCCCCC1O. The molecule has 2 unspecified atom stereocenters. The largest absolute Gasteiger partial charge is 0.391 e. The molecule has 0 saturated heterocycles. The highest BCUT2D eigenvalue weighted by Crippen LogP contribution is 2.27. The molecule has 1 saturated carbocycles. The first-order valence-electron chi connectivity index (χ1n) is 7.23. The molecule has 0 aromatic heterocycles. The molecule has 1 aromatic rings. The molecule has 0 heterocycles. The minimum atomic E-state index is -0.173. The Morgan fingerprint density at radius 3 is 2.72 bits per heavy atom. The number of hydrogen-bond donors (Lipinski definition) is 1. The Kier molecular flexibility index (Phi) is 4.65. The number of benzene rings is 1. The van der Waals surface area contributed by atoms with Crippen LogP contribution < -0.4 is 4.90 Å². The first-order valence-corrected chi connectivity index (χ1v) is 7.23. The maximum Gasteiger partial charge on any atom is 0.0743 e. The van der Waals surface area contributed by atoms with Crippen molar-refractivity contribution in [2.45, 2.75) is 58.1 Å². The summed E-state index contributed by atoms with van der Waals surface area (Å²) in [5.41, 5.74) is 2.54. The van der Waals surface area contributed by atoms with Crippen LogP contribution in [0.25, 0.3) is 0 Å². The van der Waals surface area contributed by atoms with Crippen molar-refractivity contribution in [2.24, 2.45) is 0 Å². The van der Waals surface area contributed by atoms with Gasteiger partial charge < -0.3 is 10.0 Å². The molecule has 0 aliphatic heterocycles. The van der Waals surface area contributed by atoms with Crippen LogP contribution in [0, 0.1) is 6.92 Å². The van der Waals surface area contributed by atoms with Crippen molar-refractivity contribution >= 4 is 5.69 Å². The van der Waals surface area contributed by atoms with Crippen molar-refractivity contribution in [3.8, 4) is 0 Å². The van der Waals surface area contributed by atoms with E-state index in [0.29, 0.717) is 6.04 Å². The fraction of sp³-hybridized carbons (Fsp3) is 0.625. The van der Waals surface area contributed by atoms with Crippen LogP contribution in [0.1, 0.15) is 44.6 Å². The van der Waals surface area contributed by atoms with Crippen molar-refractivity contribution in [1.82, 2.24) is 0 Å². The molecule has 1 aliphatic carbocycles. The van der Waals surface area contributed by atoms with Gasteiger partial charge in [-0.3, -0.25) is 0 Å². The number of aryl methyl sites for hydroxylation is 1. The summed E-state index contributed by atoms with van der Waals surface area (Å²) in [6.45, 7) is 5.27. The van der Waals surface area contributed by atoms with Gasteiger partial charge in [-0.05, 0) is 44.4 Å². The Morgan fingerprint density at radius 1 is 1.22 bits per heavy atom. The van der Waals surface area contributed by atoms with Gasteiger partial charge in [0.25, 0.3) is 0 Å². The van der Waals surface area contributed by atoms with Crippen LogP contribution in [0.3, 0.4) is 0 Å². The fourth-order valence-corrected chi connectivity index (χ4v) is 3.05. The molecular formula is C16H25NO. The zero-order valence-electron chi connectivity index (χ0n) is 11.6. The normalized spacial score (nSPS) is 24.6. The predicted molar refractivity (Wildman–Crippen MR) is 77.1 cm³/mol. The topological polar surface area (TPSA) is 23.5 Å². The van der Waals surface area contributed by atoms with Crippen LogP contribution >= 0.6 is 0 Å². The molecule has 2 heteroatoms. The molecule has 2 atom stereocenters. The van der Waals surface area contributed by atoms with Gasteiger partial charge >= 0.3 is 0 Å². The maximum atomic E-state index is 10.3. The van der Waals surface area contributed by atoms with Crippen molar-refractivity contribution < 1.29 is 5.11 Å². The Balaban J connectivity index is 2.21. The summed E-state index contributed by atoms with van der Waals surface area (Å²) in [6, 6.07) is 8.91. The molecule has 18 heavy (non-hydrogen) atoms. The van der Waals surface area contributed by atoms with Crippen molar-refractivity contribution in [3.63, 3.8) is 0 Å². The fourth-order valence-electron chi connectivity index (χ4n) is 3.05. The molecule has 0 spiro atoms. The summed E-state index contributed by atoms with van der Waals surface area (Å²) in [4.78, 5) is 2.38. The highest BCUT2D eigenvalue weighted by atomic mass is 16.3. The van der Waals surface area contributed by atoms with Crippen LogP contribution in [-0.2, 0) is 0 Å². The van der Waals surface area contributed by atoms with Crippen LogP contribution in [0.2, 0.25) is 0 Å². The number of aliphatic hydroxyl groups is 1. The second-order valence-electron chi connectivity index (χ2n) is 5.40. The van der Waals surface area contributed by atoms with E-state index in [1.807, 2.05) is 0 Å². The number of likely N-dealkylation sites (N-methyl/N-ethyl adjacent to an activating group) is 1. The molecule has 2 rings (SSSR count).